The number of amides is 5. The molecule has 166 valence electrons. The minimum absolute atomic E-state index is 0.282. The first kappa shape index (κ1) is 25.0. The molecule has 0 bridgehead atoms. The molecule has 12 heteroatoms. The number of ether oxygens (including phenoxy) is 1. The van der Waals surface area contributed by atoms with Gasteiger partial charge in [-0.25, -0.2) is 33.2 Å². The van der Waals surface area contributed by atoms with Crippen LogP contribution >= 0.6 is 0 Å². The summed E-state index contributed by atoms with van der Waals surface area (Å²) >= 11 is 0. The molecule has 0 radical (unpaired) electrons. The van der Waals surface area contributed by atoms with Crippen LogP contribution in [0.1, 0.15) is 26.3 Å². The van der Waals surface area contributed by atoms with Gasteiger partial charge in [0.25, 0.3) is 0 Å². The summed E-state index contributed by atoms with van der Waals surface area (Å²) in [5.41, 5.74) is 2.28. The average Bonchev–Trinajstić information content (AvgIpc) is 2.62. The van der Waals surface area contributed by atoms with E-state index in [4.69, 9.17) is 4.74 Å². The standard InChI is InChI=1S/C18H27N5O6S/c1-18(2,3)29-17(26)22-23(12-13-30(4,27)28)16(25)21-20-15(24)19-11-10-14-8-6-5-7-9-14/h5-9H,10-13H2,1-4H3,(H,19,24)(H,22,26)/b21-20+. The largest absolute Gasteiger partial charge is 0.443 e. The molecule has 0 atom stereocenters. The maximum atomic E-state index is 12.2. The molecule has 1 rings (SSSR count). The normalized spacial score (nSPS) is 11.7. The predicted molar refractivity (Wildman–Crippen MR) is 110 cm³/mol. The van der Waals surface area contributed by atoms with Gasteiger partial charge in [0, 0.05) is 12.8 Å². The highest BCUT2D eigenvalue weighted by Crippen LogP contribution is 2.07. The van der Waals surface area contributed by atoms with Gasteiger partial charge >= 0.3 is 18.2 Å². The van der Waals surface area contributed by atoms with Crippen LogP contribution in [0.3, 0.4) is 0 Å². The summed E-state index contributed by atoms with van der Waals surface area (Å²) in [5, 5.41) is 9.58. The van der Waals surface area contributed by atoms with Gasteiger partial charge < -0.3 is 10.1 Å². The Balaban J connectivity index is 2.64. The second kappa shape index (κ2) is 11.2. The number of hydrazine groups is 1. The van der Waals surface area contributed by atoms with Crippen LogP contribution in [0.25, 0.3) is 0 Å². The van der Waals surface area contributed by atoms with Gasteiger partial charge in [-0.15, -0.1) is 0 Å². The van der Waals surface area contributed by atoms with E-state index < -0.39 is 45.9 Å². The van der Waals surface area contributed by atoms with Gasteiger partial charge in [0.1, 0.15) is 15.4 Å². The molecule has 1 aromatic rings. The van der Waals surface area contributed by atoms with E-state index in [1.165, 1.54) is 0 Å². The first-order valence-electron chi connectivity index (χ1n) is 9.08. The van der Waals surface area contributed by atoms with Crippen molar-refractivity contribution >= 4 is 28.0 Å². The van der Waals surface area contributed by atoms with Gasteiger partial charge in [0.2, 0.25) is 0 Å². The van der Waals surface area contributed by atoms with E-state index in [1.807, 2.05) is 30.3 Å². The summed E-state index contributed by atoms with van der Waals surface area (Å²) in [7, 11) is -3.43. The Morgan fingerprint density at radius 1 is 1.10 bits per heavy atom. The molecular formula is C18H27N5O6S. The summed E-state index contributed by atoms with van der Waals surface area (Å²) in [6.45, 7) is 4.74. The second-order valence-corrected chi connectivity index (χ2v) is 9.61. The van der Waals surface area contributed by atoms with Gasteiger partial charge in [-0.1, -0.05) is 40.6 Å². The van der Waals surface area contributed by atoms with Crippen molar-refractivity contribution in [1.82, 2.24) is 15.8 Å². The SMILES string of the molecule is CC(C)(C)OC(=O)NN(CCS(C)(=O)=O)C(=O)/N=N/C(=O)NCCc1ccccc1. The quantitative estimate of drug-likeness (QED) is 0.511. The molecule has 0 fully saturated rings. The third-order valence-corrected chi connectivity index (χ3v) is 4.22. The zero-order chi connectivity index (χ0) is 22.8. The van der Waals surface area contributed by atoms with Crippen molar-refractivity contribution in [2.45, 2.75) is 32.8 Å². The molecular weight excluding hydrogens is 414 g/mol. The fourth-order valence-electron chi connectivity index (χ4n) is 2.00. The minimum atomic E-state index is -3.43. The molecule has 5 amide bonds. The molecule has 11 nitrogen and oxygen atoms in total. The van der Waals surface area contributed by atoms with Crippen molar-refractivity contribution < 1.29 is 27.5 Å². The molecule has 0 spiro atoms. The lowest BCUT2D eigenvalue weighted by atomic mass is 10.1. The van der Waals surface area contributed by atoms with Crippen molar-refractivity contribution in [3.05, 3.63) is 35.9 Å². The van der Waals surface area contributed by atoms with Crippen LogP contribution in [-0.2, 0) is 21.0 Å². The number of urea groups is 2. The smallest absolute Gasteiger partial charge is 0.426 e. The Hall–Kier alpha value is -3.02. The first-order valence-corrected chi connectivity index (χ1v) is 11.1. The van der Waals surface area contributed by atoms with Crippen LogP contribution in [0, 0.1) is 0 Å². The van der Waals surface area contributed by atoms with Crippen LogP contribution in [0.15, 0.2) is 40.6 Å². The Morgan fingerprint density at radius 3 is 2.30 bits per heavy atom. The van der Waals surface area contributed by atoms with Crippen molar-refractivity contribution in [3.63, 3.8) is 0 Å². The lowest BCUT2D eigenvalue weighted by Gasteiger charge is -2.24. The van der Waals surface area contributed by atoms with Crippen LogP contribution in [0.5, 0.6) is 0 Å². The third kappa shape index (κ3) is 11.7. The highest BCUT2D eigenvalue weighted by Gasteiger charge is 2.22. The monoisotopic (exact) mass is 441 g/mol. The van der Waals surface area contributed by atoms with Crippen molar-refractivity contribution in [3.8, 4) is 0 Å². The van der Waals surface area contributed by atoms with E-state index in [-0.39, 0.29) is 6.54 Å². The summed E-state index contributed by atoms with van der Waals surface area (Å²) in [6, 6.07) is 7.46. The van der Waals surface area contributed by atoms with Gasteiger partial charge in [0.05, 0.1) is 12.3 Å². The lowest BCUT2D eigenvalue weighted by molar-refractivity contribution is 0.0389. The first-order chi connectivity index (χ1) is 13.9. The molecule has 30 heavy (non-hydrogen) atoms. The maximum Gasteiger partial charge on any atom is 0.426 e. The lowest BCUT2D eigenvalue weighted by Crippen LogP contribution is -2.48. The molecule has 0 heterocycles. The Bertz CT molecular complexity index is 865. The van der Waals surface area contributed by atoms with Crippen LogP contribution in [0.2, 0.25) is 0 Å². The van der Waals surface area contributed by atoms with Crippen molar-refractivity contribution in [2.75, 3.05) is 25.1 Å². The van der Waals surface area contributed by atoms with Gasteiger partial charge in [0.15, 0.2) is 0 Å². The maximum absolute atomic E-state index is 12.2. The number of hydrogen-bond donors (Lipinski definition) is 2. The van der Waals surface area contributed by atoms with E-state index in [1.54, 1.807) is 20.8 Å². The fourth-order valence-corrected chi connectivity index (χ4v) is 2.52. The molecule has 2 N–H and O–H groups in total. The summed E-state index contributed by atoms with van der Waals surface area (Å²) in [6.07, 6.45) is 0.563. The molecule has 0 aliphatic heterocycles. The summed E-state index contributed by atoms with van der Waals surface area (Å²) in [4.78, 5) is 35.8. The van der Waals surface area contributed by atoms with Gasteiger partial charge in [-0.3, -0.25) is 0 Å². The van der Waals surface area contributed by atoms with Gasteiger partial charge in [-0.05, 0) is 32.8 Å². The summed E-state index contributed by atoms with van der Waals surface area (Å²) in [5.74, 6) is -0.437. The number of rotatable bonds is 6. The molecule has 0 saturated carbocycles. The molecule has 0 aliphatic rings. The van der Waals surface area contributed by atoms with Gasteiger partial charge in [-0.2, -0.15) is 0 Å². The number of azo groups is 1. The number of sulfone groups is 1. The number of nitrogens with zero attached hydrogens (tertiary/aromatic N) is 3. The number of carbonyl (C=O) groups is 3. The van der Waals surface area contributed by atoms with Crippen molar-refractivity contribution in [1.29, 1.82) is 0 Å². The highest BCUT2D eigenvalue weighted by molar-refractivity contribution is 7.90. The highest BCUT2D eigenvalue weighted by atomic mass is 32.2. The van der Waals surface area contributed by atoms with E-state index >= 15 is 0 Å². The zero-order valence-corrected chi connectivity index (χ0v) is 18.2. The molecule has 0 aromatic heterocycles. The van der Waals surface area contributed by atoms with Crippen LogP contribution < -0.4 is 10.7 Å². The number of hydrogen-bond acceptors (Lipinski definition) is 6. The van der Waals surface area contributed by atoms with E-state index in [0.29, 0.717) is 11.4 Å². The summed E-state index contributed by atoms with van der Waals surface area (Å²) < 4.78 is 27.8. The predicted octanol–water partition coefficient (Wildman–Crippen LogP) is 2.30. The number of carbonyl (C=O) groups excluding carboxylic acids is 3. The molecule has 0 saturated heterocycles. The Kier molecular flexibility index (Phi) is 9.37. The molecule has 0 unspecified atom stereocenters. The molecule has 1 aromatic carbocycles. The zero-order valence-electron chi connectivity index (χ0n) is 17.4. The third-order valence-electron chi connectivity index (χ3n) is 3.30. The number of nitrogens with one attached hydrogen (secondary N) is 2. The van der Waals surface area contributed by atoms with Crippen LogP contribution in [-0.4, -0.2) is 62.3 Å². The van der Waals surface area contributed by atoms with E-state index in [9.17, 15) is 22.8 Å². The Labute approximate surface area is 175 Å². The van der Waals surface area contributed by atoms with Crippen LogP contribution in [0.4, 0.5) is 14.4 Å². The van der Waals surface area contributed by atoms with Crippen molar-refractivity contribution in [2.24, 2.45) is 10.2 Å². The van der Waals surface area contributed by atoms with E-state index in [0.717, 1.165) is 11.8 Å². The number of benzene rings is 1. The van der Waals surface area contributed by atoms with E-state index in [2.05, 4.69) is 21.0 Å². The topological polar surface area (TPSA) is 147 Å². The second-order valence-electron chi connectivity index (χ2n) is 7.35. The average molecular weight is 442 g/mol. The fraction of sp³-hybridized carbons (Fsp3) is 0.500. The Morgan fingerprint density at radius 2 is 1.73 bits per heavy atom. The minimum Gasteiger partial charge on any atom is -0.443 e. The molecule has 0 aliphatic carbocycles.